The number of halogens is 2. The van der Waals surface area contributed by atoms with Crippen LogP contribution in [0.5, 0.6) is 0 Å². The number of rotatable bonds is 9. The number of piperidine rings is 1. The van der Waals surface area contributed by atoms with E-state index in [1.807, 2.05) is 26.2 Å². The van der Waals surface area contributed by atoms with Crippen molar-refractivity contribution in [2.75, 3.05) is 25.1 Å². The number of methoxy groups -OCH3 is 1. The number of esters is 1. The van der Waals surface area contributed by atoms with Crippen LogP contribution in [0.25, 0.3) is 11.4 Å². The van der Waals surface area contributed by atoms with Crippen LogP contribution in [0.4, 0.5) is 14.5 Å². The maximum absolute atomic E-state index is 14.6. The molecule has 37 heavy (non-hydrogen) atoms. The van der Waals surface area contributed by atoms with E-state index in [0.29, 0.717) is 42.3 Å². The van der Waals surface area contributed by atoms with Crippen molar-refractivity contribution in [3.05, 3.63) is 35.4 Å². The summed E-state index contributed by atoms with van der Waals surface area (Å²) in [7, 11) is 3.09. The number of pyridine rings is 1. The predicted molar refractivity (Wildman–Crippen MR) is 131 cm³/mol. The van der Waals surface area contributed by atoms with Gasteiger partial charge in [-0.2, -0.15) is 15.0 Å². The van der Waals surface area contributed by atoms with Gasteiger partial charge in [-0.15, -0.1) is 5.10 Å². The number of carbonyl (C=O) groups excluding carboxylic acids is 1. The highest BCUT2D eigenvalue weighted by molar-refractivity contribution is 5.70. The number of ether oxygens (including phenoxy) is 1. The van der Waals surface area contributed by atoms with E-state index in [9.17, 15) is 13.6 Å². The Bertz CT molecular complexity index is 1270. The lowest BCUT2D eigenvalue weighted by Crippen LogP contribution is -2.48. The first-order valence-electron chi connectivity index (χ1n) is 12.7. The second-order valence-corrected chi connectivity index (χ2v) is 10.1. The molecule has 0 amide bonds. The van der Waals surface area contributed by atoms with Crippen LogP contribution in [0, 0.1) is 11.8 Å². The van der Waals surface area contributed by atoms with Crippen LogP contribution in [-0.4, -0.2) is 67.1 Å². The van der Waals surface area contributed by atoms with Crippen molar-refractivity contribution < 1.29 is 18.3 Å². The summed E-state index contributed by atoms with van der Waals surface area (Å²) in [4.78, 5) is 19.8. The van der Waals surface area contributed by atoms with Crippen molar-refractivity contribution in [1.29, 1.82) is 0 Å². The van der Waals surface area contributed by atoms with Crippen molar-refractivity contribution in [2.24, 2.45) is 18.9 Å². The molecule has 1 aliphatic carbocycles. The first-order valence-corrected chi connectivity index (χ1v) is 12.7. The molecule has 12 heteroatoms. The Hall–Kier alpha value is -3.44. The summed E-state index contributed by atoms with van der Waals surface area (Å²) in [5, 5.41) is 17.5. The minimum absolute atomic E-state index is 0.0393. The van der Waals surface area contributed by atoms with Crippen molar-refractivity contribution in [1.82, 2.24) is 35.0 Å². The lowest BCUT2D eigenvalue weighted by Gasteiger charge is -2.39. The number of hydrogen-bond acceptors (Lipinski definition) is 8. The Balaban J connectivity index is 1.39. The van der Waals surface area contributed by atoms with Crippen LogP contribution < -0.4 is 4.90 Å². The summed E-state index contributed by atoms with van der Waals surface area (Å²) in [5.41, 5.74) is 4.34. The van der Waals surface area contributed by atoms with Crippen molar-refractivity contribution in [2.45, 2.75) is 57.9 Å². The van der Waals surface area contributed by atoms with Gasteiger partial charge in [-0.3, -0.25) is 4.79 Å². The van der Waals surface area contributed by atoms with E-state index in [1.165, 1.54) is 20.0 Å². The van der Waals surface area contributed by atoms with Gasteiger partial charge in [0, 0.05) is 20.0 Å². The van der Waals surface area contributed by atoms with E-state index in [4.69, 9.17) is 9.72 Å². The average molecular weight is 515 g/mol. The number of nitrogens with zero attached hydrogens (tertiary/aromatic N) is 8. The Morgan fingerprint density at radius 1 is 1.24 bits per heavy atom. The molecule has 3 aromatic rings. The van der Waals surface area contributed by atoms with Gasteiger partial charge in [0.2, 0.25) is 0 Å². The first-order chi connectivity index (χ1) is 17.7. The summed E-state index contributed by atoms with van der Waals surface area (Å²) in [6.07, 6.45) is 5.45. The molecule has 0 aromatic carbocycles. The molecule has 0 radical (unpaired) electrons. The van der Waals surface area contributed by atoms with Crippen LogP contribution >= 0.6 is 0 Å². The molecular weight excluding hydrogens is 482 g/mol. The Kier molecular flexibility index (Phi) is 6.91. The molecule has 198 valence electrons. The second-order valence-electron chi connectivity index (χ2n) is 10.1. The van der Waals surface area contributed by atoms with Gasteiger partial charge in [-0.05, 0) is 49.7 Å². The fourth-order valence-corrected chi connectivity index (χ4v) is 5.03. The molecule has 5 rings (SSSR count). The quantitative estimate of drug-likeness (QED) is 0.402. The SMILES string of the molecule is CCc1nc(-c2nnn(C)c2Cn2ncc(CC3CC3)n2)ccc1N1C[C@@H](CC(=O)OC)CC(F)(F)C1. The van der Waals surface area contributed by atoms with Gasteiger partial charge < -0.3 is 9.64 Å². The molecule has 3 aromatic heterocycles. The maximum atomic E-state index is 14.6. The van der Waals surface area contributed by atoms with E-state index in [1.54, 1.807) is 20.4 Å². The number of carbonyl (C=O) groups is 1. The Morgan fingerprint density at radius 2 is 2.05 bits per heavy atom. The topological polar surface area (TPSA) is 104 Å². The average Bonchev–Trinajstić information content (AvgIpc) is 3.45. The zero-order valence-electron chi connectivity index (χ0n) is 21.4. The Morgan fingerprint density at radius 3 is 2.78 bits per heavy atom. The molecule has 1 aliphatic heterocycles. The molecule has 10 nitrogen and oxygen atoms in total. The Labute approximate surface area is 214 Å². The lowest BCUT2D eigenvalue weighted by atomic mass is 9.91. The van der Waals surface area contributed by atoms with Crippen LogP contribution in [-0.2, 0) is 36.0 Å². The summed E-state index contributed by atoms with van der Waals surface area (Å²) >= 11 is 0. The highest BCUT2D eigenvalue weighted by Crippen LogP contribution is 2.36. The second kappa shape index (κ2) is 10.1. The molecule has 2 aliphatic rings. The summed E-state index contributed by atoms with van der Waals surface area (Å²) < 4.78 is 35.6. The van der Waals surface area contributed by atoms with E-state index in [2.05, 4.69) is 20.5 Å². The van der Waals surface area contributed by atoms with Gasteiger partial charge in [-0.1, -0.05) is 12.1 Å². The molecule has 0 N–H and O–H groups in total. The molecule has 1 atom stereocenters. The van der Waals surface area contributed by atoms with Crippen molar-refractivity contribution in [3.8, 4) is 11.4 Å². The molecule has 1 saturated carbocycles. The predicted octanol–water partition coefficient (Wildman–Crippen LogP) is 3.06. The molecule has 0 bridgehead atoms. The standard InChI is InChI=1S/C25H32F2N8O2/c1-4-19-21(34-13-17(10-23(36)37-3)11-25(26,27)15-34)8-7-20(29-19)24-22(33(2)32-30-24)14-35-28-12-18(31-35)9-16-5-6-16/h7-8,12,16-17H,4-6,9-11,13-15H2,1-3H3/t17-/m0/s1. The van der Waals surface area contributed by atoms with Crippen molar-refractivity contribution in [3.63, 3.8) is 0 Å². The van der Waals surface area contributed by atoms with Gasteiger partial charge in [0.05, 0.1) is 54.7 Å². The number of aryl methyl sites for hydroxylation is 2. The molecular formula is C25H32F2N8O2. The van der Waals surface area contributed by atoms with Gasteiger partial charge in [0.25, 0.3) is 5.92 Å². The fourth-order valence-electron chi connectivity index (χ4n) is 5.03. The minimum Gasteiger partial charge on any atom is -0.469 e. The largest absolute Gasteiger partial charge is 0.469 e. The molecule has 4 heterocycles. The van der Waals surface area contributed by atoms with Gasteiger partial charge in [-0.25, -0.2) is 18.4 Å². The summed E-state index contributed by atoms with van der Waals surface area (Å²) in [5.74, 6) is -3.16. The summed E-state index contributed by atoms with van der Waals surface area (Å²) in [6.45, 7) is 2.25. The van der Waals surface area contributed by atoms with Gasteiger partial charge in [0.15, 0.2) is 0 Å². The fraction of sp³-hybridized carbons (Fsp3) is 0.600. The third-order valence-corrected chi connectivity index (χ3v) is 7.05. The molecule has 1 saturated heterocycles. The normalized spacial score (nSPS) is 19.3. The van der Waals surface area contributed by atoms with Gasteiger partial charge >= 0.3 is 5.97 Å². The van der Waals surface area contributed by atoms with Gasteiger partial charge in [0.1, 0.15) is 12.2 Å². The third kappa shape index (κ3) is 5.78. The number of anilines is 1. The zero-order valence-corrected chi connectivity index (χ0v) is 21.4. The zero-order chi connectivity index (χ0) is 26.2. The van der Waals surface area contributed by atoms with Crippen LogP contribution in [0.1, 0.15) is 49.7 Å². The van der Waals surface area contributed by atoms with E-state index < -0.39 is 24.4 Å². The smallest absolute Gasteiger partial charge is 0.305 e. The van der Waals surface area contributed by atoms with E-state index in [0.717, 1.165) is 23.7 Å². The van der Waals surface area contributed by atoms with E-state index in [-0.39, 0.29) is 12.8 Å². The molecule has 0 unspecified atom stereocenters. The first kappa shape index (κ1) is 25.2. The number of alkyl halides is 2. The van der Waals surface area contributed by atoms with Crippen molar-refractivity contribution >= 4 is 11.7 Å². The highest BCUT2D eigenvalue weighted by atomic mass is 19.3. The monoisotopic (exact) mass is 514 g/mol. The van der Waals surface area contributed by atoms with E-state index >= 15 is 0 Å². The van der Waals surface area contributed by atoms with Crippen LogP contribution in [0.3, 0.4) is 0 Å². The van der Waals surface area contributed by atoms with Crippen LogP contribution in [0.2, 0.25) is 0 Å². The van der Waals surface area contributed by atoms with Crippen LogP contribution in [0.15, 0.2) is 18.3 Å². The molecule has 0 spiro atoms. The number of aromatic nitrogens is 7. The summed E-state index contributed by atoms with van der Waals surface area (Å²) in [6, 6.07) is 3.61. The highest BCUT2D eigenvalue weighted by Gasteiger charge is 2.41. The maximum Gasteiger partial charge on any atom is 0.305 e. The number of hydrogen-bond donors (Lipinski definition) is 0. The molecule has 2 fully saturated rings. The third-order valence-electron chi connectivity index (χ3n) is 7.05. The minimum atomic E-state index is -2.91. The lowest BCUT2D eigenvalue weighted by molar-refractivity contribution is -0.142.